The van der Waals surface area contributed by atoms with E-state index >= 15 is 0 Å². The van der Waals surface area contributed by atoms with Gasteiger partial charge in [-0.1, -0.05) is 6.07 Å². The summed E-state index contributed by atoms with van der Waals surface area (Å²) in [7, 11) is 5.34. The summed E-state index contributed by atoms with van der Waals surface area (Å²) in [5.41, 5.74) is 1.12. The second-order valence-corrected chi connectivity index (χ2v) is 8.10. The van der Waals surface area contributed by atoms with Crippen LogP contribution in [-0.2, 0) is 9.59 Å². The van der Waals surface area contributed by atoms with E-state index in [4.69, 9.17) is 14.2 Å². The van der Waals surface area contributed by atoms with Gasteiger partial charge in [-0.05, 0) is 69.9 Å². The summed E-state index contributed by atoms with van der Waals surface area (Å²) >= 11 is 0. The predicted octanol–water partition coefficient (Wildman–Crippen LogP) is 3.48. The molecule has 1 aliphatic rings. The molecule has 1 aliphatic heterocycles. The molecule has 0 unspecified atom stereocenters. The quantitative estimate of drug-likeness (QED) is 0.324. The molecule has 182 valence electrons. The number of aliphatic hydroxyl groups excluding tert-OH is 1. The SMILES string of the molecule is CCOc1ccc([C@@H]2/C(=C(\O)c3ccc(OC)cc3)C(=O)C(=O)N2CCN(C)C)cc1OCC. The van der Waals surface area contributed by atoms with Gasteiger partial charge in [0, 0.05) is 18.7 Å². The minimum absolute atomic E-state index is 0.0422. The van der Waals surface area contributed by atoms with Crippen molar-refractivity contribution in [3.05, 3.63) is 59.2 Å². The zero-order chi connectivity index (χ0) is 24.8. The third-order valence-electron chi connectivity index (χ3n) is 5.57. The van der Waals surface area contributed by atoms with Gasteiger partial charge in [0.15, 0.2) is 11.5 Å². The summed E-state index contributed by atoms with van der Waals surface area (Å²) in [5, 5.41) is 11.2. The molecule has 0 aromatic heterocycles. The van der Waals surface area contributed by atoms with Crippen molar-refractivity contribution < 1.29 is 28.9 Å². The molecule has 1 heterocycles. The number of carbonyl (C=O) groups excluding carboxylic acids is 2. The number of hydrogen-bond donors (Lipinski definition) is 1. The molecule has 1 fully saturated rings. The molecule has 0 spiro atoms. The van der Waals surface area contributed by atoms with Crippen molar-refractivity contribution >= 4 is 17.4 Å². The Morgan fingerprint density at radius 2 is 1.65 bits per heavy atom. The minimum Gasteiger partial charge on any atom is -0.507 e. The first-order valence-corrected chi connectivity index (χ1v) is 11.3. The van der Waals surface area contributed by atoms with Crippen molar-refractivity contribution in [2.75, 3.05) is 47.5 Å². The molecule has 1 N–H and O–H groups in total. The highest BCUT2D eigenvalue weighted by Gasteiger charge is 2.46. The number of aliphatic hydroxyl groups is 1. The van der Waals surface area contributed by atoms with E-state index in [1.807, 2.05) is 32.8 Å². The number of Topliss-reactive ketones (excluding diaryl/α,β-unsaturated/α-hetero) is 1. The van der Waals surface area contributed by atoms with Crippen LogP contribution in [0.15, 0.2) is 48.0 Å². The summed E-state index contributed by atoms with van der Waals surface area (Å²) in [4.78, 5) is 29.7. The van der Waals surface area contributed by atoms with Crippen molar-refractivity contribution in [1.29, 1.82) is 0 Å². The Morgan fingerprint density at radius 3 is 2.24 bits per heavy atom. The maximum absolute atomic E-state index is 13.2. The van der Waals surface area contributed by atoms with Gasteiger partial charge >= 0.3 is 0 Å². The van der Waals surface area contributed by atoms with Gasteiger partial charge in [-0.2, -0.15) is 0 Å². The molecular formula is C26H32N2O6. The summed E-state index contributed by atoms with van der Waals surface area (Å²) in [5.74, 6) is 0.119. The summed E-state index contributed by atoms with van der Waals surface area (Å²) in [6, 6.07) is 11.3. The average molecular weight is 469 g/mol. The van der Waals surface area contributed by atoms with Gasteiger partial charge in [0.05, 0.1) is 31.9 Å². The molecule has 8 heteroatoms. The van der Waals surface area contributed by atoms with Crippen LogP contribution in [0.2, 0.25) is 0 Å². The number of hydrogen-bond acceptors (Lipinski definition) is 7. The van der Waals surface area contributed by atoms with Gasteiger partial charge < -0.3 is 29.1 Å². The Balaban J connectivity index is 2.16. The fourth-order valence-corrected chi connectivity index (χ4v) is 3.91. The second kappa shape index (κ2) is 11.1. The van der Waals surface area contributed by atoms with Crippen LogP contribution >= 0.6 is 0 Å². The Hall–Kier alpha value is -3.52. The van der Waals surface area contributed by atoms with Crippen LogP contribution in [-0.4, -0.2) is 74.1 Å². The summed E-state index contributed by atoms with van der Waals surface area (Å²) < 4.78 is 16.6. The number of ketones is 1. The Bertz CT molecular complexity index is 1060. The molecule has 2 aromatic carbocycles. The molecule has 0 saturated carbocycles. The number of nitrogens with zero attached hydrogens (tertiary/aromatic N) is 2. The van der Waals surface area contributed by atoms with Crippen LogP contribution in [0.1, 0.15) is 31.0 Å². The predicted molar refractivity (Wildman–Crippen MR) is 129 cm³/mol. The van der Waals surface area contributed by atoms with E-state index in [0.717, 1.165) is 0 Å². The zero-order valence-electron chi connectivity index (χ0n) is 20.3. The zero-order valence-corrected chi connectivity index (χ0v) is 20.3. The highest BCUT2D eigenvalue weighted by Crippen LogP contribution is 2.42. The van der Waals surface area contributed by atoms with Gasteiger partial charge in [0.2, 0.25) is 0 Å². The van der Waals surface area contributed by atoms with Crippen LogP contribution < -0.4 is 14.2 Å². The third kappa shape index (κ3) is 5.17. The third-order valence-corrected chi connectivity index (χ3v) is 5.57. The maximum Gasteiger partial charge on any atom is 0.295 e. The molecule has 0 bridgehead atoms. The normalized spacial score (nSPS) is 17.4. The van der Waals surface area contributed by atoms with Gasteiger partial charge in [-0.3, -0.25) is 9.59 Å². The number of methoxy groups -OCH3 is 1. The van der Waals surface area contributed by atoms with Gasteiger partial charge in [-0.25, -0.2) is 0 Å². The van der Waals surface area contributed by atoms with E-state index < -0.39 is 17.7 Å². The van der Waals surface area contributed by atoms with Gasteiger partial charge in [0.1, 0.15) is 11.5 Å². The fourth-order valence-electron chi connectivity index (χ4n) is 3.91. The molecule has 8 nitrogen and oxygen atoms in total. The molecule has 1 atom stereocenters. The minimum atomic E-state index is -0.767. The van der Waals surface area contributed by atoms with Crippen LogP contribution in [0.25, 0.3) is 5.76 Å². The number of likely N-dealkylation sites (N-methyl/N-ethyl adjacent to an activating group) is 1. The van der Waals surface area contributed by atoms with Crippen LogP contribution in [0.4, 0.5) is 0 Å². The number of amides is 1. The van der Waals surface area contributed by atoms with E-state index in [9.17, 15) is 14.7 Å². The van der Waals surface area contributed by atoms with E-state index in [-0.39, 0.29) is 11.3 Å². The topological polar surface area (TPSA) is 88.5 Å². The number of ether oxygens (including phenoxy) is 3. The Kier molecular flexibility index (Phi) is 8.17. The highest BCUT2D eigenvalue weighted by atomic mass is 16.5. The van der Waals surface area contributed by atoms with E-state index in [0.29, 0.717) is 54.7 Å². The first-order valence-electron chi connectivity index (χ1n) is 11.3. The fraction of sp³-hybridized carbons (Fsp3) is 0.385. The Labute approximate surface area is 200 Å². The second-order valence-electron chi connectivity index (χ2n) is 8.10. The first-order chi connectivity index (χ1) is 16.3. The number of benzene rings is 2. The number of carbonyl (C=O) groups is 2. The van der Waals surface area contributed by atoms with Crippen molar-refractivity contribution in [2.45, 2.75) is 19.9 Å². The van der Waals surface area contributed by atoms with E-state index in [1.54, 1.807) is 49.6 Å². The first kappa shape index (κ1) is 25.1. The van der Waals surface area contributed by atoms with E-state index in [2.05, 4.69) is 0 Å². The molecule has 2 aromatic rings. The highest BCUT2D eigenvalue weighted by molar-refractivity contribution is 6.46. The molecule has 1 amide bonds. The molecule has 34 heavy (non-hydrogen) atoms. The van der Waals surface area contributed by atoms with Crippen molar-refractivity contribution in [1.82, 2.24) is 9.80 Å². The smallest absolute Gasteiger partial charge is 0.295 e. The molecule has 1 saturated heterocycles. The van der Waals surface area contributed by atoms with Crippen LogP contribution in [0, 0.1) is 0 Å². The molecule has 0 aliphatic carbocycles. The number of rotatable bonds is 10. The molecule has 3 rings (SSSR count). The van der Waals surface area contributed by atoms with Crippen molar-refractivity contribution in [3.63, 3.8) is 0 Å². The van der Waals surface area contributed by atoms with Crippen molar-refractivity contribution in [2.24, 2.45) is 0 Å². The lowest BCUT2D eigenvalue weighted by molar-refractivity contribution is -0.140. The van der Waals surface area contributed by atoms with Crippen molar-refractivity contribution in [3.8, 4) is 17.2 Å². The van der Waals surface area contributed by atoms with Crippen LogP contribution in [0.5, 0.6) is 17.2 Å². The Morgan fingerprint density at radius 1 is 1.00 bits per heavy atom. The van der Waals surface area contributed by atoms with Gasteiger partial charge in [0.25, 0.3) is 11.7 Å². The standard InChI is InChI=1S/C26H32N2O6/c1-6-33-20-13-10-18(16-21(20)34-7-2)23-22(24(29)17-8-11-19(32-5)12-9-17)25(30)26(31)28(23)15-14-27(3)4/h8-13,16,23,29H,6-7,14-15H2,1-5H3/b24-22+/t23-/m1/s1. The number of likely N-dealkylation sites (tertiary alicyclic amines) is 1. The monoisotopic (exact) mass is 468 g/mol. The lowest BCUT2D eigenvalue weighted by Gasteiger charge is -2.27. The maximum atomic E-state index is 13.2. The lowest BCUT2D eigenvalue weighted by Crippen LogP contribution is -2.35. The molecular weight excluding hydrogens is 436 g/mol. The van der Waals surface area contributed by atoms with Crippen LogP contribution in [0.3, 0.4) is 0 Å². The van der Waals surface area contributed by atoms with Gasteiger partial charge in [-0.15, -0.1) is 0 Å². The lowest BCUT2D eigenvalue weighted by atomic mass is 9.95. The largest absolute Gasteiger partial charge is 0.507 e. The summed E-state index contributed by atoms with van der Waals surface area (Å²) in [6.45, 7) is 5.53. The summed E-state index contributed by atoms with van der Waals surface area (Å²) in [6.07, 6.45) is 0. The average Bonchev–Trinajstić information content (AvgIpc) is 3.08. The molecule has 0 radical (unpaired) electrons. The van der Waals surface area contributed by atoms with E-state index in [1.165, 1.54) is 4.90 Å².